The molecule has 0 amide bonds. The third kappa shape index (κ3) is 2.87. The molecule has 3 rings (SSSR count). The molecule has 0 fully saturated rings. The molecule has 0 aliphatic carbocycles. The first kappa shape index (κ1) is 18.1. The lowest BCUT2D eigenvalue weighted by Gasteiger charge is -2.18. The van der Waals surface area contributed by atoms with E-state index in [1.807, 2.05) is 0 Å². The predicted molar refractivity (Wildman–Crippen MR) is 91.2 cm³/mol. The average molecular weight is 364 g/mol. The van der Waals surface area contributed by atoms with E-state index in [9.17, 15) is 22.4 Å². The molecule has 0 aliphatic heterocycles. The van der Waals surface area contributed by atoms with Crippen LogP contribution in [0.25, 0.3) is 16.6 Å². The zero-order chi connectivity index (χ0) is 19.2. The summed E-state index contributed by atoms with van der Waals surface area (Å²) in [7, 11) is 0. The minimum Gasteiger partial charge on any atom is -0.268 e. The number of rotatable bonds is 2. The molecule has 0 bridgehead atoms. The van der Waals surface area contributed by atoms with Gasteiger partial charge in [0.25, 0.3) is 5.56 Å². The highest BCUT2D eigenvalue weighted by atomic mass is 19.4. The molecule has 26 heavy (non-hydrogen) atoms. The highest BCUT2D eigenvalue weighted by Gasteiger charge is 2.33. The number of benzene rings is 2. The van der Waals surface area contributed by atoms with Gasteiger partial charge in [0, 0.05) is 12.5 Å². The minimum absolute atomic E-state index is 0.0585. The van der Waals surface area contributed by atoms with Gasteiger partial charge >= 0.3 is 6.18 Å². The second-order valence-electron chi connectivity index (χ2n) is 6.09. The maximum absolute atomic E-state index is 13.8. The fourth-order valence-electron chi connectivity index (χ4n) is 3.02. The van der Waals surface area contributed by atoms with Crippen LogP contribution in [0.15, 0.2) is 35.1 Å². The standard InChI is InChI=1S/C19H16F4N2O/c1-4-17-24-15-9-14(20)10(2)8-12(15)18(26)25(17)16-7-5-6-13(11(16)3)19(21,22)23/h5-9H,4H2,1-3H3. The molecule has 7 heteroatoms. The first-order valence-electron chi connectivity index (χ1n) is 8.04. The van der Waals surface area contributed by atoms with Crippen LogP contribution in [-0.4, -0.2) is 9.55 Å². The summed E-state index contributed by atoms with van der Waals surface area (Å²) < 4.78 is 54.7. The molecule has 2 aromatic carbocycles. The number of halogens is 4. The lowest BCUT2D eigenvalue weighted by atomic mass is 10.1. The van der Waals surface area contributed by atoms with Crippen LogP contribution in [0.4, 0.5) is 17.6 Å². The van der Waals surface area contributed by atoms with Gasteiger partial charge in [-0.25, -0.2) is 9.37 Å². The van der Waals surface area contributed by atoms with E-state index in [4.69, 9.17) is 0 Å². The van der Waals surface area contributed by atoms with Gasteiger partial charge in [-0.05, 0) is 43.2 Å². The topological polar surface area (TPSA) is 34.9 Å². The number of nitrogens with zero attached hydrogens (tertiary/aromatic N) is 2. The molecule has 0 spiro atoms. The Morgan fingerprint density at radius 3 is 2.46 bits per heavy atom. The monoisotopic (exact) mass is 364 g/mol. The molecule has 0 unspecified atom stereocenters. The minimum atomic E-state index is -4.53. The SMILES string of the molecule is CCc1nc2cc(F)c(C)cc2c(=O)n1-c1cccc(C(F)(F)F)c1C. The largest absolute Gasteiger partial charge is 0.416 e. The van der Waals surface area contributed by atoms with Crippen molar-refractivity contribution in [2.24, 2.45) is 0 Å². The van der Waals surface area contributed by atoms with Crippen molar-refractivity contribution in [2.75, 3.05) is 0 Å². The fourth-order valence-corrected chi connectivity index (χ4v) is 3.02. The molecule has 0 saturated heterocycles. The number of aromatic nitrogens is 2. The van der Waals surface area contributed by atoms with Crippen LogP contribution in [-0.2, 0) is 12.6 Å². The molecule has 3 aromatic rings. The van der Waals surface area contributed by atoms with Crippen molar-refractivity contribution < 1.29 is 17.6 Å². The molecule has 0 N–H and O–H groups in total. The molecule has 1 heterocycles. The summed E-state index contributed by atoms with van der Waals surface area (Å²) in [6.45, 7) is 4.57. The first-order chi connectivity index (χ1) is 12.1. The Hall–Kier alpha value is -2.70. The van der Waals surface area contributed by atoms with E-state index < -0.39 is 23.1 Å². The van der Waals surface area contributed by atoms with Gasteiger partial charge in [0.05, 0.1) is 22.2 Å². The van der Waals surface area contributed by atoms with Gasteiger partial charge in [-0.2, -0.15) is 13.2 Å². The zero-order valence-corrected chi connectivity index (χ0v) is 14.4. The molecular formula is C19H16F4N2O. The molecule has 136 valence electrons. The molecule has 0 radical (unpaired) electrons. The molecule has 0 saturated carbocycles. The van der Waals surface area contributed by atoms with Gasteiger partial charge in [-0.15, -0.1) is 0 Å². The van der Waals surface area contributed by atoms with Gasteiger partial charge in [0.15, 0.2) is 0 Å². The summed E-state index contributed by atoms with van der Waals surface area (Å²) in [6, 6.07) is 6.24. The summed E-state index contributed by atoms with van der Waals surface area (Å²) in [6.07, 6.45) is -4.23. The molecule has 3 nitrogen and oxygen atoms in total. The number of hydrogen-bond donors (Lipinski definition) is 0. The van der Waals surface area contributed by atoms with Gasteiger partial charge in [0.1, 0.15) is 11.6 Å². The second kappa shape index (κ2) is 6.23. The molecular weight excluding hydrogens is 348 g/mol. The first-order valence-corrected chi connectivity index (χ1v) is 8.04. The van der Waals surface area contributed by atoms with Crippen molar-refractivity contribution in [3.63, 3.8) is 0 Å². The van der Waals surface area contributed by atoms with E-state index in [-0.39, 0.29) is 33.5 Å². The Bertz CT molecular complexity index is 1070. The Labute approximate surface area is 146 Å². The zero-order valence-electron chi connectivity index (χ0n) is 14.4. The van der Waals surface area contributed by atoms with E-state index in [0.29, 0.717) is 6.42 Å². The van der Waals surface area contributed by atoms with Crippen LogP contribution >= 0.6 is 0 Å². The summed E-state index contributed by atoms with van der Waals surface area (Å²) in [5.74, 6) is -0.215. The molecule has 0 aliphatic rings. The van der Waals surface area contributed by atoms with Crippen molar-refractivity contribution >= 4 is 10.9 Å². The third-order valence-corrected chi connectivity index (χ3v) is 4.39. The van der Waals surface area contributed by atoms with Crippen molar-refractivity contribution in [1.82, 2.24) is 9.55 Å². The van der Waals surface area contributed by atoms with Gasteiger partial charge < -0.3 is 0 Å². The predicted octanol–water partition coefficient (Wildman–Crippen LogP) is 4.72. The summed E-state index contributed by atoms with van der Waals surface area (Å²) >= 11 is 0. The van der Waals surface area contributed by atoms with E-state index in [2.05, 4.69) is 4.98 Å². The normalized spacial score (nSPS) is 12.0. The summed E-state index contributed by atoms with van der Waals surface area (Å²) in [5.41, 5.74) is -0.796. The maximum Gasteiger partial charge on any atom is 0.416 e. The van der Waals surface area contributed by atoms with Gasteiger partial charge in [-0.1, -0.05) is 13.0 Å². The number of aryl methyl sites for hydroxylation is 2. The van der Waals surface area contributed by atoms with Crippen LogP contribution in [0.5, 0.6) is 0 Å². The van der Waals surface area contributed by atoms with Crippen molar-refractivity contribution in [2.45, 2.75) is 33.4 Å². The fraction of sp³-hybridized carbons (Fsp3) is 0.263. The number of hydrogen-bond acceptors (Lipinski definition) is 2. The summed E-state index contributed by atoms with van der Waals surface area (Å²) in [4.78, 5) is 17.3. The lowest BCUT2D eigenvalue weighted by Crippen LogP contribution is -2.25. The quantitative estimate of drug-likeness (QED) is 0.617. The Balaban J connectivity index is 2.41. The van der Waals surface area contributed by atoms with Gasteiger partial charge in [0.2, 0.25) is 0 Å². The van der Waals surface area contributed by atoms with E-state index in [1.54, 1.807) is 6.92 Å². The van der Waals surface area contributed by atoms with E-state index in [0.717, 1.165) is 6.07 Å². The lowest BCUT2D eigenvalue weighted by molar-refractivity contribution is -0.138. The van der Waals surface area contributed by atoms with Crippen LogP contribution in [0, 0.1) is 19.7 Å². The van der Waals surface area contributed by atoms with Crippen molar-refractivity contribution in [3.8, 4) is 5.69 Å². The second-order valence-corrected chi connectivity index (χ2v) is 6.09. The Morgan fingerprint density at radius 1 is 1.15 bits per heavy atom. The van der Waals surface area contributed by atoms with Crippen molar-refractivity contribution in [1.29, 1.82) is 0 Å². The maximum atomic E-state index is 13.8. The third-order valence-electron chi connectivity index (χ3n) is 4.39. The average Bonchev–Trinajstić information content (AvgIpc) is 2.56. The highest BCUT2D eigenvalue weighted by Crippen LogP contribution is 2.34. The van der Waals surface area contributed by atoms with E-state index >= 15 is 0 Å². The van der Waals surface area contributed by atoms with Crippen LogP contribution in [0.3, 0.4) is 0 Å². The number of alkyl halides is 3. The highest BCUT2D eigenvalue weighted by molar-refractivity contribution is 5.79. The summed E-state index contributed by atoms with van der Waals surface area (Å²) in [5, 5.41) is 0.165. The van der Waals surface area contributed by atoms with Gasteiger partial charge in [-0.3, -0.25) is 9.36 Å². The van der Waals surface area contributed by atoms with Crippen LogP contribution in [0.1, 0.15) is 29.4 Å². The molecule has 0 atom stereocenters. The van der Waals surface area contributed by atoms with Crippen molar-refractivity contribution in [3.05, 3.63) is 69.0 Å². The number of fused-ring (bicyclic) bond motifs is 1. The Morgan fingerprint density at radius 2 is 1.85 bits per heavy atom. The van der Waals surface area contributed by atoms with E-state index in [1.165, 1.54) is 42.7 Å². The smallest absolute Gasteiger partial charge is 0.268 e. The van der Waals surface area contributed by atoms with Crippen LogP contribution in [0.2, 0.25) is 0 Å². The molecule has 1 aromatic heterocycles. The van der Waals surface area contributed by atoms with Crippen LogP contribution < -0.4 is 5.56 Å². The Kier molecular flexibility index (Phi) is 4.34.